The molecule has 0 bridgehead atoms. The van der Waals surface area contributed by atoms with E-state index in [0.717, 1.165) is 36.5 Å². The van der Waals surface area contributed by atoms with Crippen LogP contribution in [0.15, 0.2) is 42.5 Å². The molecule has 2 saturated heterocycles. The molecule has 5 rings (SSSR count). The molecule has 3 heterocycles. The summed E-state index contributed by atoms with van der Waals surface area (Å²) in [5.41, 5.74) is 1.94. The number of hydrogen-bond acceptors (Lipinski definition) is 4. The Morgan fingerprint density at radius 1 is 1.11 bits per heavy atom. The molecule has 2 fully saturated rings. The lowest BCUT2D eigenvalue weighted by molar-refractivity contribution is -0.129. The molecule has 0 saturated carbocycles. The number of benzene rings is 2. The Bertz CT molecular complexity index is 918. The predicted molar refractivity (Wildman–Crippen MR) is 102 cm³/mol. The summed E-state index contributed by atoms with van der Waals surface area (Å²) >= 11 is 0. The molecule has 0 aromatic heterocycles. The van der Waals surface area contributed by atoms with E-state index in [2.05, 4.69) is 11.9 Å². The van der Waals surface area contributed by atoms with E-state index in [1.165, 1.54) is 6.07 Å². The van der Waals surface area contributed by atoms with E-state index in [0.29, 0.717) is 24.0 Å². The van der Waals surface area contributed by atoms with Gasteiger partial charge in [0.1, 0.15) is 5.82 Å². The molecule has 0 N–H and O–H groups in total. The van der Waals surface area contributed by atoms with Gasteiger partial charge >= 0.3 is 0 Å². The van der Waals surface area contributed by atoms with Crippen LogP contribution in [0.25, 0.3) is 0 Å². The van der Waals surface area contributed by atoms with Crippen LogP contribution >= 0.6 is 0 Å². The van der Waals surface area contributed by atoms with Crippen molar-refractivity contribution in [2.24, 2.45) is 11.8 Å². The first-order chi connectivity index (χ1) is 13.6. The fraction of sp³-hybridized carbons (Fsp3) is 0.409. The highest BCUT2D eigenvalue weighted by molar-refractivity contribution is 5.79. The minimum Gasteiger partial charge on any atom is -0.454 e. The molecule has 6 heteroatoms. The van der Waals surface area contributed by atoms with Crippen molar-refractivity contribution >= 4 is 5.91 Å². The van der Waals surface area contributed by atoms with Gasteiger partial charge in [0.05, 0.1) is 6.42 Å². The molecular formula is C22H23FN2O3. The second kappa shape index (κ2) is 6.78. The van der Waals surface area contributed by atoms with Crippen LogP contribution in [0.5, 0.6) is 11.5 Å². The summed E-state index contributed by atoms with van der Waals surface area (Å²) in [7, 11) is 2.09. The number of halogens is 1. The molecule has 1 amide bonds. The number of carbonyl (C=O) groups is 1. The fourth-order valence-corrected chi connectivity index (χ4v) is 4.99. The summed E-state index contributed by atoms with van der Waals surface area (Å²) < 4.78 is 24.5. The van der Waals surface area contributed by atoms with Gasteiger partial charge in [-0.2, -0.15) is 0 Å². The van der Waals surface area contributed by atoms with Crippen LogP contribution in [0.1, 0.15) is 17.2 Å². The van der Waals surface area contributed by atoms with Crippen molar-refractivity contribution in [1.82, 2.24) is 9.80 Å². The second-order valence-corrected chi connectivity index (χ2v) is 8.03. The summed E-state index contributed by atoms with van der Waals surface area (Å²) in [6, 6.07) is 12.7. The van der Waals surface area contributed by atoms with E-state index in [9.17, 15) is 9.18 Å². The average molecular weight is 382 g/mol. The topological polar surface area (TPSA) is 42.0 Å². The number of amides is 1. The van der Waals surface area contributed by atoms with Gasteiger partial charge in [0.2, 0.25) is 12.7 Å². The zero-order chi connectivity index (χ0) is 19.3. The van der Waals surface area contributed by atoms with Crippen LogP contribution in [0.4, 0.5) is 4.39 Å². The van der Waals surface area contributed by atoms with E-state index < -0.39 is 0 Å². The SMILES string of the molecule is CN1C[C@H]2CN(C(=O)Cc3ccc4c(c3)OCO4)C[C@H]2[C@@H]1c1cccc(F)c1. The highest BCUT2D eigenvalue weighted by Crippen LogP contribution is 2.44. The molecule has 0 radical (unpaired) electrons. The lowest BCUT2D eigenvalue weighted by Crippen LogP contribution is -2.34. The molecule has 5 nitrogen and oxygen atoms in total. The summed E-state index contributed by atoms with van der Waals surface area (Å²) in [6.07, 6.45) is 0.358. The van der Waals surface area contributed by atoms with Crippen molar-refractivity contribution in [2.75, 3.05) is 33.5 Å². The normalized spacial score (nSPS) is 25.9. The van der Waals surface area contributed by atoms with Gasteiger partial charge < -0.3 is 14.4 Å². The van der Waals surface area contributed by atoms with Gasteiger partial charge in [-0.05, 0) is 48.4 Å². The predicted octanol–water partition coefficient (Wildman–Crippen LogP) is 2.86. The highest BCUT2D eigenvalue weighted by Gasteiger charge is 2.47. The van der Waals surface area contributed by atoms with Crippen LogP contribution in [-0.4, -0.2) is 49.2 Å². The molecular weight excluding hydrogens is 359 g/mol. The lowest BCUT2D eigenvalue weighted by Gasteiger charge is -2.27. The van der Waals surface area contributed by atoms with Crippen LogP contribution in [-0.2, 0) is 11.2 Å². The zero-order valence-electron chi connectivity index (χ0n) is 15.8. The van der Waals surface area contributed by atoms with E-state index in [1.807, 2.05) is 29.2 Å². The first-order valence-electron chi connectivity index (χ1n) is 9.70. The van der Waals surface area contributed by atoms with E-state index >= 15 is 0 Å². The fourth-order valence-electron chi connectivity index (χ4n) is 4.99. The molecule has 2 aromatic carbocycles. The third-order valence-electron chi connectivity index (χ3n) is 6.23. The minimum atomic E-state index is -0.205. The number of likely N-dealkylation sites (tertiary alicyclic amines) is 2. The molecule has 3 aliphatic heterocycles. The Morgan fingerprint density at radius 3 is 2.82 bits per heavy atom. The Kier molecular flexibility index (Phi) is 4.23. The van der Waals surface area contributed by atoms with Crippen molar-refractivity contribution in [2.45, 2.75) is 12.5 Å². The Balaban J connectivity index is 1.29. The summed E-state index contributed by atoms with van der Waals surface area (Å²) in [5.74, 6) is 2.13. The molecule has 0 unspecified atom stereocenters. The maximum absolute atomic E-state index is 13.7. The first kappa shape index (κ1) is 17.5. The second-order valence-electron chi connectivity index (χ2n) is 8.03. The van der Waals surface area contributed by atoms with E-state index in [4.69, 9.17) is 9.47 Å². The molecule has 3 aliphatic rings. The quantitative estimate of drug-likeness (QED) is 0.819. The zero-order valence-corrected chi connectivity index (χ0v) is 15.8. The maximum atomic E-state index is 13.7. The van der Waals surface area contributed by atoms with Gasteiger partial charge in [0.15, 0.2) is 11.5 Å². The molecule has 0 aliphatic carbocycles. The molecule has 2 aromatic rings. The highest BCUT2D eigenvalue weighted by atomic mass is 19.1. The summed E-state index contributed by atoms with van der Waals surface area (Å²) in [4.78, 5) is 17.2. The molecule has 3 atom stereocenters. The minimum absolute atomic E-state index is 0.133. The van der Waals surface area contributed by atoms with Crippen LogP contribution in [0, 0.1) is 17.7 Å². The number of fused-ring (bicyclic) bond motifs is 2. The van der Waals surface area contributed by atoms with E-state index in [-0.39, 0.29) is 24.6 Å². The first-order valence-corrected chi connectivity index (χ1v) is 9.70. The van der Waals surface area contributed by atoms with Crippen molar-refractivity contribution in [1.29, 1.82) is 0 Å². The van der Waals surface area contributed by atoms with Gasteiger partial charge in [-0.25, -0.2) is 4.39 Å². The maximum Gasteiger partial charge on any atom is 0.231 e. The lowest BCUT2D eigenvalue weighted by atomic mass is 9.89. The Hall–Kier alpha value is -2.60. The Labute approximate surface area is 163 Å². The number of ether oxygens (including phenoxy) is 2. The van der Waals surface area contributed by atoms with Gasteiger partial charge in [-0.1, -0.05) is 18.2 Å². The third-order valence-corrected chi connectivity index (χ3v) is 6.23. The number of hydrogen-bond donors (Lipinski definition) is 0. The van der Waals surface area contributed by atoms with Crippen molar-refractivity contribution in [3.63, 3.8) is 0 Å². The standard InChI is InChI=1S/C22H23FN2O3/c1-24-10-16-11-25(12-18(16)22(24)15-3-2-4-17(23)9-15)21(26)8-14-5-6-19-20(7-14)28-13-27-19/h2-7,9,16,18,22H,8,10-13H2,1H3/t16-,18+,22-/m0/s1. The summed E-state index contributed by atoms with van der Waals surface area (Å²) in [6.45, 7) is 2.65. The largest absolute Gasteiger partial charge is 0.454 e. The summed E-state index contributed by atoms with van der Waals surface area (Å²) in [5, 5.41) is 0. The molecule has 28 heavy (non-hydrogen) atoms. The Morgan fingerprint density at radius 2 is 1.96 bits per heavy atom. The number of nitrogens with zero attached hydrogens (tertiary/aromatic N) is 2. The monoisotopic (exact) mass is 382 g/mol. The number of rotatable bonds is 3. The van der Waals surface area contributed by atoms with Crippen LogP contribution in [0.2, 0.25) is 0 Å². The van der Waals surface area contributed by atoms with Crippen molar-refractivity contribution in [3.8, 4) is 11.5 Å². The van der Waals surface area contributed by atoms with E-state index in [1.54, 1.807) is 12.1 Å². The molecule has 146 valence electrons. The van der Waals surface area contributed by atoms with Crippen LogP contribution in [0.3, 0.4) is 0 Å². The van der Waals surface area contributed by atoms with Gasteiger partial charge in [-0.15, -0.1) is 0 Å². The van der Waals surface area contributed by atoms with Gasteiger partial charge in [0.25, 0.3) is 0 Å². The number of carbonyl (C=O) groups excluding carboxylic acids is 1. The average Bonchev–Trinajstić information content (AvgIpc) is 3.35. The molecule has 0 spiro atoms. The van der Waals surface area contributed by atoms with Gasteiger partial charge in [-0.3, -0.25) is 9.69 Å². The van der Waals surface area contributed by atoms with Crippen molar-refractivity contribution in [3.05, 3.63) is 59.4 Å². The van der Waals surface area contributed by atoms with Gasteiger partial charge in [0, 0.05) is 31.6 Å². The van der Waals surface area contributed by atoms with Crippen molar-refractivity contribution < 1.29 is 18.7 Å². The smallest absolute Gasteiger partial charge is 0.231 e. The van der Waals surface area contributed by atoms with Crippen LogP contribution < -0.4 is 9.47 Å². The third kappa shape index (κ3) is 3.02.